The van der Waals surface area contributed by atoms with Gasteiger partial charge in [0, 0.05) is 19.6 Å². The molecule has 1 fully saturated rings. The number of carboxylic acids is 2. The van der Waals surface area contributed by atoms with Crippen LogP contribution >= 0.6 is 0 Å². The number of hydrogen-bond acceptors (Lipinski definition) is 3. The van der Waals surface area contributed by atoms with Crippen LogP contribution in [-0.2, 0) is 22.6 Å². The van der Waals surface area contributed by atoms with E-state index in [2.05, 4.69) is 31.2 Å². The molecule has 0 unspecified atom stereocenters. The van der Waals surface area contributed by atoms with Crippen LogP contribution in [0.5, 0.6) is 0 Å². The molecule has 0 aliphatic carbocycles. The number of unbranched alkanes of at least 4 members (excludes halogenated alkanes) is 6. The highest BCUT2D eigenvalue weighted by molar-refractivity contribution is 5.81. The van der Waals surface area contributed by atoms with E-state index in [9.17, 15) is 19.8 Å². The maximum Gasteiger partial charge on any atom is 0.308 e. The molecule has 1 aliphatic heterocycles. The third-order valence-corrected chi connectivity index (χ3v) is 5.53. The molecule has 0 amide bonds. The van der Waals surface area contributed by atoms with E-state index in [1.807, 2.05) is 4.90 Å². The Kier molecular flexibility index (Phi) is 8.79. The molecule has 150 valence electrons. The van der Waals surface area contributed by atoms with Crippen LogP contribution in [0.3, 0.4) is 0 Å². The average molecular weight is 376 g/mol. The van der Waals surface area contributed by atoms with Crippen LogP contribution in [0.4, 0.5) is 0 Å². The first-order chi connectivity index (χ1) is 13.0. The lowest BCUT2D eigenvalue weighted by molar-refractivity contribution is -0.151. The second kappa shape index (κ2) is 11.1. The summed E-state index contributed by atoms with van der Waals surface area (Å²) in [4.78, 5) is 24.5. The summed E-state index contributed by atoms with van der Waals surface area (Å²) in [6.45, 7) is 3.44. The number of rotatable bonds is 12. The van der Waals surface area contributed by atoms with Gasteiger partial charge in [-0.2, -0.15) is 0 Å². The average Bonchev–Trinajstić information content (AvgIpc) is 3.07. The molecule has 1 saturated heterocycles. The summed E-state index contributed by atoms with van der Waals surface area (Å²) < 4.78 is 0. The number of likely N-dealkylation sites (tertiary alicyclic amines) is 1. The number of aliphatic carboxylic acids is 2. The third kappa shape index (κ3) is 6.98. The molecule has 0 aromatic heterocycles. The molecule has 0 spiro atoms. The van der Waals surface area contributed by atoms with E-state index in [4.69, 9.17) is 0 Å². The normalized spacial score (nSPS) is 20.0. The summed E-state index contributed by atoms with van der Waals surface area (Å²) in [7, 11) is 0. The van der Waals surface area contributed by atoms with Gasteiger partial charge in [-0.05, 0) is 24.0 Å². The molecule has 1 aromatic carbocycles. The van der Waals surface area contributed by atoms with Crippen molar-refractivity contribution in [3.05, 3.63) is 35.4 Å². The first-order valence-corrected chi connectivity index (χ1v) is 10.3. The molecule has 1 aliphatic rings. The van der Waals surface area contributed by atoms with Gasteiger partial charge in [0.25, 0.3) is 0 Å². The van der Waals surface area contributed by atoms with E-state index in [1.165, 1.54) is 50.5 Å². The van der Waals surface area contributed by atoms with Gasteiger partial charge < -0.3 is 10.2 Å². The van der Waals surface area contributed by atoms with E-state index in [-0.39, 0.29) is 0 Å². The van der Waals surface area contributed by atoms with Crippen molar-refractivity contribution in [3.8, 4) is 0 Å². The van der Waals surface area contributed by atoms with E-state index in [1.54, 1.807) is 0 Å². The fourth-order valence-corrected chi connectivity index (χ4v) is 3.87. The van der Waals surface area contributed by atoms with E-state index < -0.39 is 23.8 Å². The van der Waals surface area contributed by atoms with Crippen LogP contribution in [0, 0.1) is 11.8 Å². The predicted octanol–water partition coefficient (Wildman–Crippen LogP) is 4.20. The summed E-state index contributed by atoms with van der Waals surface area (Å²) in [6.07, 6.45) is 10.3. The molecule has 5 nitrogen and oxygen atoms in total. The van der Waals surface area contributed by atoms with E-state index in [0.29, 0.717) is 19.6 Å². The first kappa shape index (κ1) is 21.4. The Labute approximate surface area is 162 Å². The molecule has 0 bridgehead atoms. The van der Waals surface area contributed by atoms with Crippen LogP contribution in [0.25, 0.3) is 0 Å². The first-order valence-electron chi connectivity index (χ1n) is 10.3. The Bertz CT molecular complexity index is 577. The van der Waals surface area contributed by atoms with Crippen molar-refractivity contribution in [1.82, 2.24) is 4.90 Å². The van der Waals surface area contributed by atoms with Gasteiger partial charge in [-0.1, -0.05) is 69.7 Å². The van der Waals surface area contributed by atoms with Crippen LogP contribution in [-0.4, -0.2) is 40.1 Å². The molecule has 2 N–H and O–H groups in total. The lowest BCUT2D eigenvalue weighted by Crippen LogP contribution is -2.28. The molecule has 2 rings (SSSR count). The minimum atomic E-state index is -1.02. The van der Waals surface area contributed by atoms with Crippen molar-refractivity contribution in [2.45, 2.75) is 64.8 Å². The molecule has 1 aromatic rings. The smallest absolute Gasteiger partial charge is 0.308 e. The lowest BCUT2D eigenvalue weighted by Gasteiger charge is -2.15. The van der Waals surface area contributed by atoms with Gasteiger partial charge in [0.1, 0.15) is 0 Å². The van der Waals surface area contributed by atoms with Crippen molar-refractivity contribution in [2.75, 3.05) is 13.1 Å². The van der Waals surface area contributed by atoms with Crippen LogP contribution in [0.1, 0.15) is 63.0 Å². The zero-order valence-corrected chi connectivity index (χ0v) is 16.4. The number of benzene rings is 1. The number of carbonyl (C=O) groups is 2. The molecular weight excluding hydrogens is 342 g/mol. The Morgan fingerprint density at radius 3 is 1.85 bits per heavy atom. The maximum absolute atomic E-state index is 11.3. The molecule has 0 saturated carbocycles. The van der Waals surface area contributed by atoms with E-state index >= 15 is 0 Å². The largest absolute Gasteiger partial charge is 0.481 e. The third-order valence-electron chi connectivity index (χ3n) is 5.53. The summed E-state index contributed by atoms with van der Waals surface area (Å²) in [6, 6.07) is 8.46. The quantitative estimate of drug-likeness (QED) is 0.536. The minimum absolute atomic E-state index is 0.298. The number of hydrogen-bond donors (Lipinski definition) is 2. The summed E-state index contributed by atoms with van der Waals surface area (Å²) in [5.74, 6) is -3.68. The highest BCUT2D eigenvalue weighted by Crippen LogP contribution is 2.25. The van der Waals surface area contributed by atoms with Gasteiger partial charge in [0.05, 0.1) is 11.8 Å². The van der Waals surface area contributed by atoms with Crippen molar-refractivity contribution in [3.63, 3.8) is 0 Å². The number of aryl methyl sites for hydroxylation is 1. The zero-order valence-electron chi connectivity index (χ0n) is 16.4. The predicted molar refractivity (Wildman–Crippen MR) is 106 cm³/mol. The van der Waals surface area contributed by atoms with Gasteiger partial charge in [0.15, 0.2) is 0 Å². The van der Waals surface area contributed by atoms with Crippen molar-refractivity contribution < 1.29 is 19.8 Å². The van der Waals surface area contributed by atoms with Gasteiger partial charge in [-0.15, -0.1) is 0 Å². The zero-order chi connectivity index (χ0) is 19.6. The highest BCUT2D eigenvalue weighted by Gasteiger charge is 2.41. The lowest BCUT2D eigenvalue weighted by atomic mass is 9.97. The number of nitrogens with zero attached hydrogens (tertiary/aromatic N) is 1. The highest BCUT2D eigenvalue weighted by atomic mass is 16.4. The molecule has 27 heavy (non-hydrogen) atoms. The summed E-state index contributed by atoms with van der Waals surface area (Å²) >= 11 is 0. The van der Waals surface area contributed by atoms with E-state index in [0.717, 1.165) is 12.0 Å². The monoisotopic (exact) mass is 375 g/mol. The van der Waals surface area contributed by atoms with Gasteiger partial charge in [-0.25, -0.2) is 0 Å². The Morgan fingerprint density at radius 1 is 0.852 bits per heavy atom. The Morgan fingerprint density at radius 2 is 1.33 bits per heavy atom. The standard InChI is InChI=1S/C22H33NO4/c1-2-3-4-5-6-7-8-9-17-10-12-18(13-11-17)14-23-15-19(21(24)25)20(16-23)22(26)27/h10-13,19-20H,2-9,14-16H2,1H3,(H,24,25)(H,26,27)/t19-,20-/m0/s1. The fourth-order valence-electron chi connectivity index (χ4n) is 3.87. The molecule has 1 heterocycles. The molecule has 2 atom stereocenters. The fraction of sp³-hybridized carbons (Fsp3) is 0.636. The Balaban J connectivity index is 1.74. The number of carboxylic acid groups (broad SMARTS) is 2. The van der Waals surface area contributed by atoms with Gasteiger partial charge in [0.2, 0.25) is 0 Å². The van der Waals surface area contributed by atoms with Crippen molar-refractivity contribution in [2.24, 2.45) is 11.8 Å². The van der Waals surface area contributed by atoms with Crippen molar-refractivity contribution >= 4 is 11.9 Å². The summed E-state index contributed by atoms with van der Waals surface area (Å²) in [5.41, 5.74) is 2.44. The molecule has 0 radical (unpaired) electrons. The van der Waals surface area contributed by atoms with Crippen LogP contribution in [0.2, 0.25) is 0 Å². The van der Waals surface area contributed by atoms with Crippen LogP contribution in [0.15, 0.2) is 24.3 Å². The minimum Gasteiger partial charge on any atom is -0.481 e. The molecule has 5 heteroatoms. The van der Waals surface area contributed by atoms with Crippen LogP contribution < -0.4 is 0 Å². The van der Waals surface area contributed by atoms with Crippen molar-refractivity contribution in [1.29, 1.82) is 0 Å². The van der Waals surface area contributed by atoms with Gasteiger partial charge >= 0.3 is 11.9 Å². The second-order valence-electron chi connectivity index (χ2n) is 7.77. The topological polar surface area (TPSA) is 77.8 Å². The SMILES string of the molecule is CCCCCCCCCc1ccc(CN2C[C@H](C(=O)O)[C@@H](C(=O)O)C2)cc1. The second-order valence-corrected chi connectivity index (χ2v) is 7.77. The molecular formula is C22H33NO4. The summed E-state index contributed by atoms with van der Waals surface area (Å²) in [5, 5.41) is 18.5. The maximum atomic E-state index is 11.3. The van der Waals surface area contributed by atoms with Gasteiger partial charge in [-0.3, -0.25) is 14.5 Å². The Hall–Kier alpha value is -1.88.